The second kappa shape index (κ2) is 6.18. The normalized spacial score (nSPS) is 10.3. The topological polar surface area (TPSA) is 80.0 Å². The largest absolute Gasteiger partial charge is 0.388 e. The van der Waals surface area contributed by atoms with E-state index >= 15 is 0 Å². The van der Waals surface area contributed by atoms with E-state index in [1.807, 2.05) is 32.2 Å². The molecule has 0 radical (unpaired) electrons. The zero-order valence-electron chi connectivity index (χ0n) is 11.9. The van der Waals surface area contributed by atoms with Crippen LogP contribution >= 0.6 is 0 Å². The maximum Gasteiger partial charge on any atom is 0.251 e. The molecule has 1 aromatic heterocycles. The van der Waals surface area contributed by atoms with Crippen LogP contribution in [0.5, 0.6) is 0 Å². The van der Waals surface area contributed by atoms with Crippen molar-refractivity contribution in [3.05, 3.63) is 41.0 Å². The molecule has 1 heterocycles. The molecule has 2 N–H and O–H groups in total. The summed E-state index contributed by atoms with van der Waals surface area (Å²) in [6, 6.07) is 5.63. The predicted molar refractivity (Wildman–Crippen MR) is 75.8 cm³/mol. The van der Waals surface area contributed by atoms with Crippen LogP contribution in [0.2, 0.25) is 0 Å². The van der Waals surface area contributed by atoms with E-state index in [0.29, 0.717) is 30.2 Å². The molecule has 0 aliphatic heterocycles. The molecule has 0 bridgehead atoms. The Labute approximate surface area is 117 Å². The number of aromatic nitrogens is 2. The maximum absolute atomic E-state index is 12.1. The van der Waals surface area contributed by atoms with Crippen molar-refractivity contribution >= 4 is 11.6 Å². The molecule has 106 valence electrons. The number of hydrogen-bond acceptors (Lipinski definition) is 5. The van der Waals surface area contributed by atoms with Crippen LogP contribution in [0.4, 0.5) is 5.69 Å². The SMILES string of the molecule is CNc1ccc(C(=O)NCCc2nc(C)no2)c(C)c1. The van der Waals surface area contributed by atoms with Gasteiger partial charge in [-0.2, -0.15) is 4.98 Å². The minimum atomic E-state index is -0.0959. The van der Waals surface area contributed by atoms with Crippen LogP contribution in [-0.4, -0.2) is 29.6 Å². The molecular weight excluding hydrogens is 256 g/mol. The molecule has 1 aromatic carbocycles. The van der Waals surface area contributed by atoms with E-state index < -0.39 is 0 Å². The summed E-state index contributed by atoms with van der Waals surface area (Å²) >= 11 is 0. The van der Waals surface area contributed by atoms with Crippen LogP contribution in [0.3, 0.4) is 0 Å². The molecule has 0 spiro atoms. The van der Waals surface area contributed by atoms with E-state index in [1.165, 1.54) is 0 Å². The second-order valence-corrected chi connectivity index (χ2v) is 4.52. The van der Waals surface area contributed by atoms with Crippen molar-refractivity contribution < 1.29 is 9.32 Å². The zero-order valence-corrected chi connectivity index (χ0v) is 11.9. The minimum Gasteiger partial charge on any atom is -0.388 e. The van der Waals surface area contributed by atoms with Gasteiger partial charge in [0.25, 0.3) is 5.91 Å². The lowest BCUT2D eigenvalue weighted by atomic mass is 10.1. The van der Waals surface area contributed by atoms with Crippen molar-refractivity contribution in [3.63, 3.8) is 0 Å². The summed E-state index contributed by atoms with van der Waals surface area (Å²) in [5, 5.41) is 9.59. The Morgan fingerprint density at radius 1 is 1.35 bits per heavy atom. The van der Waals surface area contributed by atoms with E-state index in [0.717, 1.165) is 11.3 Å². The monoisotopic (exact) mass is 274 g/mol. The Kier molecular flexibility index (Phi) is 4.34. The van der Waals surface area contributed by atoms with Crippen molar-refractivity contribution in [2.75, 3.05) is 18.9 Å². The highest BCUT2D eigenvalue weighted by molar-refractivity contribution is 5.96. The summed E-state index contributed by atoms with van der Waals surface area (Å²) < 4.78 is 4.99. The highest BCUT2D eigenvalue weighted by Gasteiger charge is 2.09. The molecule has 0 aliphatic rings. The number of carbonyl (C=O) groups is 1. The number of nitrogens with one attached hydrogen (secondary N) is 2. The Bertz CT molecular complexity index is 607. The van der Waals surface area contributed by atoms with Gasteiger partial charge < -0.3 is 15.2 Å². The fraction of sp³-hybridized carbons (Fsp3) is 0.357. The Morgan fingerprint density at radius 3 is 2.75 bits per heavy atom. The zero-order chi connectivity index (χ0) is 14.5. The molecule has 6 heteroatoms. The van der Waals surface area contributed by atoms with Gasteiger partial charge in [0.05, 0.1) is 0 Å². The first-order valence-corrected chi connectivity index (χ1v) is 6.46. The first-order chi connectivity index (χ1) is 9.60. The Morgan fingerprint density at radius 2 is 2.15 bits per heavy atom. The second-order valence-electron chi connectivity index (χ2n) is 4.52. The van der Waals surface area contributed by atoms with E-state index in [9.17, 15) is 4.79 Å². The van der Waals surface area contributed by atoms with Gasteiger partial charge in [0, 0.05) is 31.3 Å². The number of hydrogen-bond donors (Lipinski definition) is 2. The fourth-order valence-electron chi connectivity index (χ4n) is 1.89. The van der Waals surface area contributed by atoms with Gasteiger partial charge in [0.15, 0.2) is 5.82 Å². The standard InChI is InChI=1S/C14H18N4O2/c1-9-8-11(15-3)4-5-12(9)14(19)16-7-6-13-17-10(2)18-20-13/h4-5,8,15H,6-7H2,1-3H3,(H,16,19). The van der Waals surface area contributed by atoms with Crippen LogP contribution in [-0.2, 0) is 6.42 Å². The van der Waals surface area contributed by atoms with Gasteiger partial charge in [-0.1, -0.05) is 5.16 Å². The molecule has 1 amide bonds. The van der Waals surface area contributed by atoms with Crippen molar-refractivity contribution in [2.24, 2.45) is 0 Å². The number of rotatable bonds is 5. The lowest BCUT2D eigenvalue weighted by molar-refractivity contribution is 0.0953. The third-order valence-electron chi connectivity index (χ3n) is 2.95. The lowest BCUT2D eigenvalue weighted by Crippen LogP contribution is -2.26. The first-order valence-electron chi connectivity index (χ1n) is 6.46. The van der Waals surface area contributed by atoms with Gasteiger partial charge in [-0.05, 0) is 37.6 Å². The quantitative estimate of drug-likeness (QED) is 0.867. The molecule has 20 heavy (non-hydrogen) atoms. The Hall–Kier alpha value is -2.37. The van der Waals surface area contributed by atoms with Gasteiger partial charge in [-0.25, -0.2) is 0 Å². The number of aryl methyl sites for hydroxylation is 2. The average molecular weight is 274 g/mol. The Balaban J connectivity index is 1.91. The number of carbonyl (C=O) groups excluding carboxylic acids is 1. The molecule has 6 nitrogen and oxygen atoms in total. The van der Waals surface area contributed by atoms with E-state index in [-0.39, 0.29) is 5.91 Å². The predicted octanol–water partition coefficient (Wildman–Crippen LogP) is 1.70. The van der Waals surface area contributed by atoms with Gasteiger partial charge in [0.1, 0.15) is 0 Å². The van der Waals surface area contributed by atoms with Crippen LogP contribution in [0, 0.1) is 13.8 Å². The third kappa shape index (κ3) is 3.34. The van der Waals surface area contributed by atoms with Crippen LogP contribution < -0.4 is 10.6 Å². The van der Waals surface area contributed by atoms with Crippen molar-refractivity contribution in [1.29, 1.82) is 0 Å². The molecule has 0 saturated heterocycles. The summed E-state index contributed by atoms with van der Waals surface area (Å²) in [7, 11) is 1.85. The number of anilines is 1. The van der Waals surface area contributed by atoms with E-state index in [2.05, 4.69) is 20.8 Å². The minimum absolute atomic E-state index is 0.0959. The van der Waals surface area contributed by atoms with Gasteiger partial charge in [-0.3, -0.25) is 4.79 Å². The number of amides is 1. The molecule has 0 atom stereocenters. The fourth-order valence-corrected chi connectivity index (χ4v) is 1.89. The number of nitrogens with zero attached hydrogens (tertiary/aromatic N) is 2. The third-order valence-corrected chi connectivity index (χ3v) is 2.95. The first kappa shape index (κ1) is 14.0. The summed E-state index contributed by atoms with van der Waals surface area (Å²) in [6.07, 6.45) is 0.528. The summed E-state index contributed by atoms with van der Waals surface area (Å²) in [5.41, 5.74) is 2.59. The van der Waals surface area contributed by atoms with Crippen LogP contribution in [0.1, 0.15) is 27.6 Å². The average Bonchev–Trinajstić information content (AvgIpc) is 2.84. The molecule has 0 aliphatic carbocycles. The molecule has 0 saturated carbocycles. The van der Waals surface area contributed by atoms with Crippen LogP contribution in [0.25, 0.3) is 0 Å². The van der Waals surface area contributed by atoms with Gasteiger partial charge in [0.2, 0.25) is 5.89 Å². The number of benzene rings is 1. The van der Waals surface area contributed by atoms with Crippen molar-refractivity contribution in [3.8, 4) is 0 Å². The van der Waals surface area contributed by atoms with Crippen LogP contribution in [0.15, 0.2) is 22.7 Å². The van der Waals surface area contributed by atoms with E-state index in [4.69, 9.17) is 4.52 Å². The lowest BCUT2D eigenvalue weighted by Gasteiger charge is -2.08. The molecule has 0 unspecified atom stereocenters. The smallest absolute Gasteiger partial charge is 0.251 e. The maximum atomic E-state index is 12.1. The van der Waals surface area contributed by atoms with Crippen molar-refractivity contribution in [1.82, 2.24) is 15.5 Å². The summed E-state index contributed by atoms with van der Waals surface area (Å²) in [6.45, 7) is 4.14. The molecule has 0 fully saturated rings. The van der Waals surface area contributed by atoms with Gasteiger partial charge >= 0.3 is 0 Å². The molecule has 2 rings (SSSR count). The highest BCUT2D eigenvalue weighted by atomic mass is 16.5. The summed E-state index contributed by atoms with van der Waals surface area (Å²) in [4.78, 5) is 16.1. The highest BCUT2D eigenvalue weighted by Crippen LogP contribution is 2.14. The molecule has 2 aromatic rings. The molecular formula is C14H18N4O2. The van der Waals surface area contributed by atoms with Gasteiger partial charge in [-0.15, -0.1) is 0 Å². The van der Waals surface area contributed by atoms with Crippen molar-refractivity contribution in [2.45, 2.75) is 20.3 Å². The van der Waals surface area contributed by atoms with E-state index in [1.54, 1.807) is 6.92 Å². The summed E-state index contributed by atoms with van der Waals surface area (Å²) in [5.74, 6) is 1.04.